The SMILES string of the molecule is Cc1ccn2cc(C(=O)N3CCC4(CCNC4)CC3)nc2c1.Cl.Cl. The summed E-state index contributed by atoms with van der Waals surface area (Å²) in [6, 6.07) is 4.03. The number of nitrogens with one attached hydrogen (secondary N) is 1. The molecule has 2 saturated heterocycles. The molecule has 2 aromatic rings. The lowest BCUT2D eigenvalue weighted by atomic mass is 9.78. The van der Waals surface area contributed by atoms with Crippen LogP contribution in [0.4, 0.5) is 0 Å². The molecule has 0 saturated carbocycles. The van der Waals surface area contributed by atoms with Crippen molar-refractivity contribution in [2.45, 2.75) is 26.2 Å². The van der Waals surface area contributed by atoms with Crippen molar-refractivity contribution in [2.24, 2.45) is 5.41 Å². The highest BCUT2D eigenvalue weighted by molar-refractivity contribution is 5.93. The van der Waals surface area contributed by atoms with Gasteiger partial charge in [0.25, 0.3) is 5.91 Å². The van der Waals surface area contributed by atoms with E-state index in [-0.39, 0.29) is 30.7 Å². The van der Waals surface area contributed by atoms with Gasteiger partial charge in [-0.3, -0.25) is 4.79 Å². The zero-order chi connectivity index (χ0) is 15.2. The Morgan fingerprint density at radius 3 is 2.67 bits per heavy atom. The molecule has 4 rings (SSSR count). The van der Waals surface area contributed by atoms with Gasteiger partial charge in [0, 0.05) is 32.0 Å². The van der Waals surface area contributed by atoms with E-state index in [2.05, 4.69) is 10.3 Å². The third-order valence-corrected chi connectivity index (χ3v) is 5.28. The number of nitrogens with zero attached hydrogens (tertiary/aromatic N) is 3. The van der Waals surface area contributed by atoms with Gasteiger partial charge in [0.2, 0.25) is 0 Å². The molecular weight excluding hydrogens is 347 g/mol. The summed E-state index contributed by atoms with van der Waals surface area (Å²) in [5.41, 5.74) is 3.00. The zero-order valence-electron chi connectivity index (χ0n) is 13.8. The van der Waals surface area contributed by atoms with E-state index in [1.165, 1.54) is 6.42 Å². The summed E-state index contributed by atoms with van der Waals surface area (Å²) in [6.07, 6.45) is 7.28. The van der Waals surface area contributed by atoms with Crippen molar-refractivity contribution >= 4 is 36.4 Å². The second kappa shape index (κ2) is 7.30. The molecule has 0 aromatic carbocycles. The lowest BCUT2D eigenvalue weighted by Gasteiger charge is -2.38. The molecule has 0 unspecified atom stereocenters. The predicted molar refractivity (Wildman–Crippen MR) is 99.5 cm³/mol. The third-order valence-electron chi connectivity index (χ3n) is 5.28. The number of halogens is 2. The van der Waals surface area contributed by atoms with Crippen LogP contribution in [0.1, 0.15) is 35.3 Å². The van der Waals surface area contributed by atoms with Gasteiger partial charge in [-0.15, -0.1) is 24.8 Å². The minimum atomic E-state index is 0. The standard InChI is InChI=1S/C17H22N4O.2ClH/c1-13-2-7-21-11-14(19-15(21)10-13)16(22)20-8-4-17(5-9-20)3-6-18-12-17;;/h2,7,10-11,18H,3-6,8-9,12H2,1H3;2*1H. The molecule has 2 aliphatic heterocycles. The minimum Gasteiger partial charge on any atom is -0.337 e. The van der Waals surface area contributed by atoms with Crippen LogP contribution in [0.2, 0.25) is 0 Å². The number of carbonyl (C=O) groups is 1. The number of rotatable bonds is 1. The van der Waals surface area contributed by atoms with Crippen molar-refractivity contribution in [3.63, 3.8) is 0 Å². The molecule has 0 bridgehead atoms. The van der Waals surface area contributed by atoms with Gasteiger partial charge in [0.1, 0.15) is 11.3 Å². The fourth-order valence-electron chi connectivity index (χ4n) is 3.76. The number of likely N-dealkylation sites (tertiary alicyclic amines) is 1. The first-order valence-corrected chi connectivity index (χ1v) is 8.11. The molecule has 1 amide bonds. The summed E-state index contributed by atoms with van der Waals surface area (Å²) in [5.74, 6) is 0.0714. The van der Waals surface area contributed by atoms with Crippen molar-refractivity contribution in [1.82, 2.24) is 19.6 Å². The molecule has 1 spiro atoms. The number of carbonyl (C=O) groups excluding carboxylic acids is 1. The fourth-order valence-corrected chi connectivity index (χ4v) is 3.76. The Kier molecular flexibility index (Phi) is 5.78. The second-order valence-electron chi connectivity index (χ2n) is 6.81. The number of aryl methyl sites for hydroxylation is 1. The van der Waals surface area contributed by atoms with Crippen LogP contribution in [0.25, 0.3) is 5.65 Å². The average molecular weight is 371 g/mol. The maximum absolute atomic E-state index is 12.7. The number of pyridine rings is 1. The van der Waals surface area contributed by atoms with Gasteiger partial charge < -0.3 is 14.6 Å². The zero-order valence-corrected chi connectivity index (χ0v) is 15.5. The summed E-state index contributed by atoms with van der Waals surface area (Å²) >= 11 is 0. The quantitative estimate of drug-likeness (QED) is 0.839. The van der Waals surface area contributed by atoms with Crippen LogP contribution in [0.15, 0.2) is 24.5 Å². The molecule has 132 valence electrons. The van der Waals surface area contributed by atoms with Gasteiger partial charge in [-0.05, 0) is 55.8 Å². The molecule has 2 aliphatic rings. The Labute approximate surface area is 154 Å². The first-order valence-electron chi connectivity index (χ1n) is 8.11. The van der Waals surface area contributed by atoms with Crippen LogP contribution in [0, 0.1) is 12.3 Å². The fraction of sp³-hybridized carbons (Fsp3) is 0.529. The number of fused-ring (bicyclic) bond motifs is 1. The van der Waals surface area contributed by atoms with E-state index in [0.29, 0.717) is 11.1 Å². The first-order chi connectivity index (χ1) is 10.7. The Morgan fingerprint density at radius 1 is 1.25 bits per heavy atom. The molecular formula is C17H24Cl2N4O. The summed E-state index contributed by atoms with van der Waals surface area (Å²) in [6.45, 7) is 5.99. The van der Waals surface area contributed by atoms with E-state index >= 15 is 0 Å². The van der Waals surface area contributed by atoms with Gasteiger partial charge >= 0.3 is 0 Å². The normalized spacial score (nSPS) is 19.1. The van der Waals surface area contributed by atoms with Gasteiger partial charge in [-0.2, -0.15) is 0 Å². The van der Waals surface area contributed by atoms with Crippen molar-refractivity contribution in [3.8, 4) is 0 Å². The van der Waals surface area contributed by atoms with E-state index in [9.17, 15) is 4.79 Å². The number of amides is 1. The third kappa shape index (κ3) is 3.39. The Morgan fingerprint density at radius 2 is 2.00 bits per heavy atom. The van der Waals surface area contributed by atoms with Crippen molar-refractivity contribution in [2.75, 3.05) is 26.2 Å². The largest absolute Gasteiger partial charge is 0.337 e. The molecule has 5 nitrogen and oxygen atoms in total. The summed E-state index contributed by atoms with van der Waals surface area (Å²) in [7, 11) is 0. The predicted octanol–water partition coefficient (Wildman–Crippen LogP) is 2.70. The summed E-state index contributed by atoms with van der Waals surface area (Å²) < 4.78 is 1.92. The van der Waals surface area contributed by atoms with E-state index in [1.54, 1.807) is 0 Å². The van der Waals surface area contributed by atoms with E-state index < -0.39 is 0 Å². The Balaban J connectivity index is 0.00000104. The van der Waals surface area contributed by atoms with Crippen molar-refractivity contribution in [1.29, 1.82) is 0 Å². The van der Waals surface area contributed by atoms with Gasteiger partial charge in [-0.1, -0.05) is 0 Å². The highest BCUT2D eigenvalue weighted by atomic mass is 35.5. The smallest absolute Gasteiger partial charge is 0.274 e. The van der Waals surface area contributed by atoms with E-state index in [0.717, 1.165) is 50.2 Å². The number of aromatic nitrogens is 2. The minimum absolute atomic E-state index is 0. The average Bonchev–Trinajstić information content (AvgIpc) is 3.14. The van der Waals surface area contributed by atoms with Crippen LogP contribution in [0.3, 0.4) is 0 Å². The van der Waals surface area contributed by atoms with Crippen LogP contribution in [0.5, 0.6) is 0 Å². The highest BCUT2D eigenvalue weighted by Crippen LogP contribution is 2.37. The molecule has 4 heterocycles. The Bertz CT molecular complexity index is 714. The molecule has 24 heavy (non-hydrogen) atoms. The van der Waals surface area contributed by atoms with Crippen molar-refractivity contribution in [3.05, 3.63) is 35.8 Å². The van der Waals surface area contributed by atoms with Crippen LogP contribution >= 0.6 is 24.8 Å². The number of hydrogen-bond acceptors (Lipinski definition) is 3. The van der Waals surface area contributed by atoms with Crippen LogP contribution in [-0.2, 0) is 0 Å². The summed E-state index contributed by atoms with van der Waals surface area (Å²) in [5, 5.41) is 3.46. The maximum Gasteiger partial charge on any atom is 0.274 e. The lowest BCUT2D eigenvalue weighted by molar-refractivity contribution is 0.0602. The molecule has 0 aliphatic carbocycles. The Hall–Kier alpha value is -1.30. The molecule has 2 aromatic heterocycles. The first kappa shape index (κ1) is 19.0. The molecule has 0 radical (unpaired) electrons. The topological polar surface area (TPSA) is 49.6 Å². The monoisotopic (exact) mass is 370 g/mol. The van der Waals surface area contributed by atoms with Gasteiger partial charge in [-0.25, -0.2) is 4.98 Å². The maximum atomic E-state index is 12.7. The molecule has 1 N–H and O–H groups in total. The number of piperidine rings is 1. The number of imidazole rings is 1. The lowest BCUT2D eigenvalue weighted by Crippen LogP contribution is -2.44. The number of hydrogen-bond donors (Lipinski definition) is 1. The summed E-state index contributed by atoms with van der Waals surface area (Å²) in [4.78, 5) is 19.2. The molecule has 2 fully saturated rings. The van der Waals surface area contributed by atoms with Crippen LogP contribution in [-0.4, -0.2) is 46.4 Å². The second-order valence-corrected chi connectivity index (χ2v) is 6.81. The van der Waals surface area contributed by atoms with Crippen LogP contribution < -0.4 is 5.32 Å². The van der Waals surface area contributed by atoms with Gasteiger partial charge in [0.15, 0.2) is 0 Å². The van der Waals surface area contributed by atoms with Crippen molar-refractivity contribution < 1.29 is 4.79 Å². The van der Waals surface area contributed by atoms with Gasteiger partial charge in [0.05, 0.1) is 0 Å². The molecule has 7 heteroatoms. The highest BCUT2D eigenvalue weighted by Gasteiger charge is 2.38. The van der Waals surface area contributed by atoms with E-state index in [4.69, 9.17) is 0 Å². The van der Waals surface area contributed by atoms with E-state index in [1.807, 2.05) is 40.8 Å². The molecule has 0 atom stereocenters.